The molecule has 1 aromatic rings. The highest BCUT2D eigenvalue weighted by Gasteiger charge is 2.41. The standard InChI is InChI=1S/C18H30N2O/c1-4-16-7-5-6-12-18(16,14-19)20(2)13-15-8-10-17(21-3)11-9-15/h8-11,16H,4-7,12-14,19H2,1-3H3. The molecule has 1 aliphatic rings. The smallest absolute Gasteiger partial charge is 0.118 e. The Morgan fingerprint density at radius 3 is 2.57 bits per heavy atom. The van der Waals surface area contributed by atoms with E-state index in [9.17, 15) is 0 Å². The first-order valence-corrected chi connectivity index (χ1v) is 8.20. The lowest BCUT2D eigenvalue weighted by molar-refractivity contribution is 0.0177. The summed E-state index contributed by atoms with van der Waals surface area (Å²) in [6.07, 6.45) is 6.44. The summed E-state index contributed by atoms with van der Waals surface area (Å²) in [4.78, 5) is 2.50. The van der Waals surface area contributed by atoms with Gasteiger partial charge in [-0.2, -0.15) is 0 Å². The van der Waals surface area contributed by atoms with Crippen LogP contribution in [0.1, 0.15) is 44.6 Å². The molecule has 2 atom stereocenters. The van der Waals surface area contributed by atoms with Gasteiger partial charge in [0.1, 0.15) is 5.75 Å². The molecule has 2 N–H and O–H groups in total. The molecule has 0 radical (unpaired) electrons. The molecule has 3 heteroatoms. The van der Waals surface area contributed by atoms with Crippen molar-refractivity contribution < 1.29 is 4.74 Å². The Bertz CT molecular complexity index is 431. The maximum atomic E-state index is 6.24. The molecule has 3 nitrogen and oxygen atoms in total. The number of hydrogen-bond acceptors (Lipinski definition) is 3. The van der Waals surface area contributed by atoms with Crippen molar-refractivity contribution in [1.82, 2.24) is 4.90 Å². The molecule has 0 heterocycles. The van der Waals surface area contributed by atoms with E-state index in [0.29, 0.717) is 0 Å². The second-order valence-corrected chi connectivity index (χ2v) is 6.36. The highest BCUT2D eigenvalue weighted by Crippen LogP contribution is 2.39. The third-order valence-corrected chi connectivity index (χ3v) is 5.36. The molecular formula is C18H30N2O. The third kappa shape index (κ3) is 3.41. The molecule has 1 fully saturated rings. The molecule has 0 spiro atoms. The van der Waals surface area contributed by atoms with Gasteiger partial charge in [0.15, 0.2) is 0 Å². The Balaban J connectivity index is 2.12. The normalized spacial score (nSPS) is 26.0. The molecule has 2 rings (SSSR count). The fourth-order valence-electron chi connectivity index (χ4n) is 3.97. The molecule has 1 aliphatic carbocycles. The van der Waals surface area contributed by atoms with Gasteiger partial charge in [-0.3, -0.25) is 4.90 Å². The number of nitrogens with two attached hydrogens (primary N) is 1. The van der Waals surface area contributed by atoms with Crippen molar-refractivity contribution in [3.8, 4) is 5.75 Å². The number of benzene rings is 1. The predicted octanol–water partition coefficient (Wildman–Crippen LogP) is 3.42. The number of ether oxygens (including phenoxy) is 1. The van der Waals surface area contributed by atoms with Crippen LogP contribution in [-0.4, -0.2) is 31.1 Å². The van der Waals surface area contributed by atoms with E-state index in [2.05, 4.69) is 31.0 Å². The van der Waals surface area contributed by atoms with Gasteiger partial charge in [-0.05, 0) is 43.5 Å². The summed E-state index contributed by atoms with van der Waals surface area (Å²) < 4.78 is 5.23. The largest absolute Gasteiger partial charge is 0.497 e. The Hall–Kier alpha value is -1.06. The van der Waals surface area contributed by atoms with E-state index in [1.165, 1.54) is 37.7 Å². The van der Waals surface area contributed by atoms with Crippen molar-refractivity contribution in [3.05, 3.63) is 29.8 Å². The van der Waals surface area contributed by atoms with Gasteiger partial charge in [-0.15, -0.1) is 0 Å². The Kier molecular flexibility index (Phi) is 5.65. The van der Waals surface area contributed by atoms with E-state index in [-0.39, 0.29) is 5.54 Å². The van der Waals surface area contributed by atoms with E-state index < -0.39 is 0 Å². The highest BCUT2D eigenvalue weighted by atomic mass is 16.5. The summed E-state index contributed by atoms with van der Waals surface area (Å²) in [6, 6.07) is 8.39. The fourth-order valence-corrected chi connectivity index (χ4v) is 3.97. The minimum absolute atomic E-state index is 0.174. The van der Waals surface area contributed by atoms with Gasteiger partial charge in [-0.1, -0.05) is 38.3 Å². The van der Waals surface area contributed by atoms with Gasteiger partial charge in [-0.25, -0.2) is 0 Å². The molecular weight excluding hydrogens is 260 g/mol. The van der Waals surface area contributed by atoms with E-state index in [4.69, 9.17) is 10.5 Å². The van der Waals surface area contributed by atoms with Gasteiger partial charge < -0.3 is 10.5 Å². The average molecular weight is 290 g/mol. The fraction of sp³-hybridized carbons (Fsp3) is 0.667. The lowest BCUT2D eigenvalue weighted by Gasteiger charge is -2.49. The number of nitrogens with zero attached hydrogens (tertiary/aromatic N) is 1. The molecule has 1 aromatic carbocycles. The van der Waals surface area contributed by atoms with Crippen LogP contribution in [0.3, 0.4) is 0 Å². The summed E-state index contributed by atoms with van der Waals surface area (Å²) in [6.45, 7) is 4.03. The van der Waals surface area contributed by atoms with Gasteiger partial charge >= 0.3 is 0 Å². The summed E-state index contributed by atoms with van der Waals surface area (Å²) in [5.74, 6) is 1.64. The monoisotopic (exact) mass is 290 g/mol. The number of methoxy groups -OCH3 is 1. The van der Waals surface area contributed by atoms with Crippen LogP contribution >= 0.6 is 0 Å². The van der Waals surface area contributed by atoms with Crippen molar-refractivity contribution >= 4 is 0 Å². The third-order valence-electron chi connectivity index (χ3n) is 5.36. The van der Waals surface area contributed by atoms with Crippen molar-refractivity contribution in [2.24, 2.45) is 11.7 Å². The molecule has 1 saturated carbocycles. The maximum Gasteiger partial charge on any atom is 0.118 e. The predicted molar refractivity (Wildman–Crippen MR) is 88.5 cm³/mol. The Labute approximate surface area is 129 Å². The maximum absolute atomic E-state index is 6.24. The Morgan fingerprint density at radius 1 is 1.29 bits per heavy atom. The van der Waals surface area contributed by atoms with Crippen LogP contribution in [0.15, 0.2) is 24.3 Å². The molecule has 118 valence electrons. The van der Waals surface area contributed by atoms with Crippen LogP contribution in [0.5, 0.6) is 5.75 Å². The minimum atomic E-state index is 0.174. The average Bonchev–Trinajstić information content (AvgIpc) is 2.55. The zero-order valence-electron chi connectivity index (χ0n) is 13.8. The summed E-state index contributed by atoms with van der Waals surface area (Å²) in [5, 5.41) is 0. The molecule has 2 unspecified atom stereocenters. The molecule has 0 aromatic heterocycles. The quantitative estimate of drug-likeness (QED) is 0.872. The van der Waals surface area contributed by atoms with E-state index in [0.717, 1.165) is 24.8 Å². The number of likely N-dealkylation sites (N-methyl/N-ethyl adjacent to an activating group) is 1. The van der Waals surface area contributed by atoms with Crippen molar-refractivity contribution in [3.63, 3.8) is 0 Å². The van der Waals surface area contributed by atoms with Crippen molar-refractivity contribution in [2.45, 2.75) is 51.1 Å². The van der Waals surface area contributed by atoms with Gasteiger partial charge in [0.25, 0.3) is 0 Å². The second kappa shape index (κ2) is 7.28. The number of hydrogen-bond donors (Lipinski definition) is 1. The van der Waals surface area contributed by atoms with E-state index in [1.807, 2.05) is 12.1 Å². The Morgan fingerprint density at radius 2 is 2.00 bits per heavy atom. The minimum Gasteiger partial charge on any atom is -0.497 e. The molecule has 0 saturated heterocycles. The molecule has 21 heavy (non-hydrogen) atoms. The summed E-state index contributed by atoms with van der Waals surface area (Å²) in [5.41, 5.74) is 7.74. The second-order valence-electron chi connectivity index (χ2n) is 6.36. The first-order chi connectivity index (χ1) is 10.2. The van der Waals surface area contributed by atoms with E-state index in [1.54, 1.807) is 7.11 Å². The van der Waals surface area contributed by atoms with Gasteiger partial charge in [0.2, 0.25) is 0 Å². The van der Waals surface area contributed by atoms with Crippen molar-refractivity contribution in [1.29, 1.82) is 0 Å². The van der Waals surface area contributed by atoms with Crippen LogP contribution < -0.4 is 10.5 Å². The highest BCUT2D eigenvalue weighted by molar-refractivity contribution is 5.27. The zero-order chi connectivity index (χ0) is 15.3. The first kappa shape index (κ1) is 16.3. The van der Waals surface area contributed by atoms with Crippen LogP contribution in [0, 0.1) is 5.92 Å². The molecule has 0 amide bonds. The zero-order valence-corrected chi connectivity index (χ0v) is 13.8. The van der Waals surface area contributed by atoms with Gasteiger partial charge in [0.05, 0.1) is 7.11 Å². The van der Waals surface area contributed by atoms with Crippen LogP contribution in [0.4, 0.5) is 0 Å². The summed E-state index contributed by atoms with van der Waals surface area (Å²) >= 11 is 0. The molecule has 0 aliphatic heterocycles. The summed E-state index contributed by atoms with van der Waals surface area (Å²) in [7, 11) is 3.95. The number of rotatable bonds is 6. The van der Waals surface area contributed by atoms with Crippen molar-refractivity contribution in [2.75, 3.05) is 20.7 Å². The van der Waals surface area contributed by atoms with Gasteiger partial charge in [0, 0.05) is 18.6 Å². The lowest BCUT2D eigenvalue weighted by atomic mass is 9.70. The molecule has 0 bridgehead atoms. The van der Waals surface area contributed by atoms with Crippen LogP contribution in [0.25, 0.3) is 0 Å². The van der Waals surface area contributed by atoms with Crippen LogP contribution in [0.2, 0.25) is 0 Å². The topological polar surface area (TPSA) is 38.5 Å². The van der Waals surface area contributed by atoms with Crippen LogP contribution in [-0.2, 0) is 6.54 Å². The first-order valence-electron chi connectivity index (χ1n) is 8.20. The lowest BCUT2D eigenvalue weighted by Crippen LogP contribution is -2.58. The SMILES string of the molecule is CCC1CCCCC1(CN)N(C)Cc1ccc(OC)cc1. The van der Waals surface area contributed by atoms with E-state index >= 15 is 0 Å².